The molecule has 0 aromatic heterocycles. The van der Waals surface area contributed by atoms with Gasteiger partial charge in [0, 0.05) is 5.02 Å². The summed E-state index contributed by atoms with van der Waals surface area (Å²) >= 11 is 6.16. The van der Waals surface area contributed by atoms with Crippen molar-refractivity contribution < 1.29 is 4.74 Å². The first kappa shape index (κ1) is 14.8. The van der Waals surface area contributed by atoms with Crippen molar-refractivity contribution in [3.05, 3.63) is 34.9 Å². The molecular formula is C16H24ClNO. The van der Waals surface area contributed by atoms with Crippen LogP contribution in [-0.2, 0) is 11.3 Å². The summed E-state index contributed by atoms with van der Waals surface area (Å²) in [4.78, 5) is 0. The maximum Gasteiger partial charge on any atom is 0.0735 e. The van der Waals surface area contributed by atoms with E-state index in [9.17, 15) is 0 Å². The minimum atomic E-state index is 0.292. The molecule has 0 aliphatic heterocycles. The Kier molecular flexibility index (Phi) is 5.68. The lowest BCUT2D eigenvalue weighted by Gasteiger charge is -2.35. The van der Waals surface area contributed by atoms with Gasteiger partial charge in [0.15, 0.2) is 0 Å². The molecule has 3 heteroatoms. The average molecular weight is 282 g/mol. The molecule has 1 saturated carbocycles. The number of nitrogens with two attached hydrogens (primary N) is 1. The van der Waals surface area contributed by atoms with Gasteiger partial charge in [-0.05, 0) is 49.3 Å². The number of hydrogen-bond donors (Lipinski definition) is 1. The topological polar surface area (TPSA) is 35.2 Å². The van der Waals surface area contributed by atoms with Crippen LogP contribution >= 0.6 is 11.6 Å². The Morgan fingerprint density at radius 3 is 2.79 bits per heavy atom. The van der Waals surface area contributed by atoms with E-state index in [1.807, 2.05) is 24.3 Å². The van der Waals surface area contributed by atoms with Crippen LogP contribution < -0.4 is 5.73 Å². The van der Waals surface area contributed by atoms with Gasteiger partial charge in [-0.3, -0.25) is 0 Å². The van der Waals surface area contributed by atoms with Crippen molar-refractivity contribution in [3.8, 4) is 0 Å². The van der Waals surface area contributed by atoms with Crippen LogP contribution in [-0.4, -0.2) is 12.6 Å². The fourth-order valence-electron chi connectivity index (χ4n) is 2.93. The van der Waals surface area contributed by atoms with E-state index in [1.165, 1.54) is 19.3 Å². The summed E-state index contributed by atoms with van der Waals surface area (Å²) in [7, 11) is 0. The number of ether oxygens (including phenoxy) is 1. The molecule has 2 nitrogen and oxygen atoms in total. The highest BCUT2D eigenvalue weighted by Crippen LogP contribution is 2.33. The largest absolute Gasteiger partial charge is 0.373 e. The molecule has 2 N–H and O–H groups in total. The maximum absolute atomic E-state index is 6.16. The molecule has 3 atom stereocenters. The maximum atomic E-state index is 6.16. The fraction of sp³-hybridized carbons (Fsp3) is 0.625. The van der Waals surface area contributed by atoms with Gasteiger partial charge in [-0.2, -0.15) is 0 Å². The Balaban J connectivity index is 1.94. The predicted molar refractivity (Wildman–Crippen MR) is 80.2 cm³/mol. The van der Waals surface area contributed by atoms with Crippen LogP contribution in [0.4, 0.5) is 0 Å². The summed E-state index contributed by atoms with van der Waals surface area (Å²) in [5.74, 6) is 1.30. The second-order valence-electron chi connectivity index (χ2n) is 5.52. The first-order valence-corrected chi connectivity index (χ1v) is 7.67. The number of hydrogen-bond acceptors (Lipinski definition) is 2. The van der Waals surface area contributed by atoms with Gasteiger partial charge in [0.1, 0.15) is 0 Å². The Bertz CT molecular complexity index is 396. The van der Waals surface area contributed by atoms with E-state index in [0.717, 1.165) is 29.5 Å². The molecule has 2 rings (SSSR count). The summed E-state index contributed by atoms with van der Waals surface area (Å²) in [6.45, 7) is 3.58. The number of halogens is 1. The first-order valence-electron chi connectivity index (χ1n) is 7.29. The van der Waals surface area contributed by atoms with Crippen LogP contribution in [0.5, 0.6) is 0 Å². The molecular weight excluding hydrogens is 258 g/mol. The Labute approximate surface area is 121 Å². The average Bonchev–Trinajstić information content (AvgIpc) is 2.46. The minimum absolute atomic E-state index is 0.292. The van der Waals surface area contributed by atoms with E-state index < -0.39 is 0 Å². The summed E-state index contributed by atoms with van der Waals surface area (Å²) in [5, 5.41) is 0.787. The third-order valence-electron chi connectivity index (χ3n) is 4.33. The van der Waals surface area contributed by atoms with Crippen molar-refractivity contribution in [1.82, 2.24) is 0 Å². The van der Waals surface area contributed by atoms with E-state index >= 15 is 0 Å². The van der Waals surface area contributed by atoms with Crippen molar-refractivity contribution in [1.29, 1.82) is 0 Å². The highest BCUT2D eigenvalue weighted by atomic mass is 35.5. The zero-order valence-corrected chi connectivity index (χ0v) is 12.4. The Hall–Kier alpha value is -0.570. The molecule has 1 aliphatic carbocycles. The van der Waals surface area contributed by atoms with Gasteiger partial charge >= 0.3 is 0 Å². The summed E-state index contributed by atoms with van der Waals surface area (Å²) < 4.78 is 6.12. The molecule has 1 aromatic rings. The smallest absolute Gasteiger partial charge is 0.0735 e. The molecule has 0 bridgehead atoms. The summed E-state index contributed by atoms with van der Waals surface area (Å²) in [6, 6.07) is 7.89. The Morgan fingerprint density at radius 2 is 2.11 bits per heavy atom. The van der Waals surface area contributed by atoms with Crippen LogP contribution in [0.2, 0.25) is 5.02 Å². The van der Waals surface area contributed by atoms with Crippen molar-refractivity contribution in [2.45, 2.75) is 45.3 Å². The van der Waals surface area contributed by atoms with Gasteiger partial charge in [-0.25, -0.2) is 0 Å². The molecule has 1 aromatic carbocycles. The summed E-state index contributed by atoms with van der Waals surface area (Å²) in [5.41, 5.74) is 6.94. The number of rotatable bonds is 5. The van der Waals surface area contributed by atoms with Crippen molar-refractivity contribution in [2.75, 3.05) is 6.54 Å². The van der Waals surface area contributed by atoms with Gasteiger partial charge < -0.3 is 10.5 Å². The molecule has 0 spiro atoms. The molecule has 106 valence electrons. The lowest BCUT2D eigenvalue weighted by molar-refractivity contribution is -0.0333. The molecule has 1 fully saturated rings. The second-order valence-corrected chi connectivity index (χ2v) is 5.93. The number of benzene rings is 1. The van der Waals surface area contributed by atoms with Crippen LogP contribution in [0.1, 0.15) is 38.2 Å². The molecule has 0 heterocycles. The zero-order chi connectivity index (χ0) is 13.7. The van der Waals surface area contributed by atoms with E-state index in [1.54, 1.807) is 0 Å². The monoisotopic (exact) mass is 281 g/mol. The molecule has 0 saturated heterocycles. The van der Waals surface area contributed by atoms with Crippen LogP contribution in [0.15, 0.2) is 24.3 Å². The molecule has 3 unspecified atom stereocenters. The SMILES string of the molecule is CCC1CCC(CN)C(OCc2ccccc2Cl)C1. The third kappa shape index (κ3) is 3.95. The van der Waals surface area contributed by atoms with Crippen molar-refractivity contribution in [3.63, 3.8) is 0 Å². The van der Waals surface area contributed by atoms with Gasteiger partial charge in [0.25, 0.3) is 0 Å². The van der Waals surface area contributed by atoms with Gasteiger partial charge in [-0.15, -0.1) is 0 Å². The zero-order valence-electron chi connectivity index (χ0n) is 11.6. The highest BCUT2D eigenvalue weighted by Gasteiger charge is 2.29. The van der Waals surface area contributed by atoms with Gasteiger partial charge in [-0.1, -0.05) is 43.1 Å². The van der Waals surface area contributed by atoms with E-state index in [2.05, 4.69) is 6.92 Å². The molecule has 0 amide bonds. The van der Waals surface area contributed by atoms with Crippen LogP contribution in [0.25, 0.3) is 0 Å². The lowest BCUT2D eigenvalue weighted by atomic mass is 9.78. The van der Waals surface area contributed by atoms with Gasteiger partial charge in [0.2, 0.25) is 0 Å². The van der Waals surface area contributed by atoms with Crippen LogP contribution in [0, 0.1) is 11.8 Å². The molecule has 0 radical (unpaired) electrons. The first-order chi connectivity index (χ1) is 9.24. The molecule has 19 heavy (non-hydrogen) atoms. The van der Waals surface area contributed by atoms with Crippen LogP contribution in [0.3, 0.4) is 0 Å². The van der Waals surface area contributed by atoms with Crippen molar-refractivity contribution >= 4 is 11.6 Å². The van der Waals surface area contributed by atoms with E-state index in [0.29, 0.717) is 18.6 Å². The summed E-state index contributed by atoms with van der Waals surface area (Å²) in [6.07, 6.45) is 5.17. The Morgan fingerprint density at radius 1 is 1.32 bits per heavy atom. The van der Waals surface area contributed by atoms with Crippen molar-refractivity contribution in [2.24, 2.45) is 17.6 Å². The fourth-order valence-corrected chi connectivity index (χ4v) is 3.12. The van der Waals surface area contributed by atoms with E-state index in [-0.39, 0.29) is 0 Å². The molecule has 1 aliphatic rings. The normalized spacial score (nSPS) is 27.4. The quantitative estimate of drug-likeness (QED) is 0.885. The second kappa shape index (κ2) is 7.28. The highest BCUT2D eigenvalue weighted by molar-refractivity contribution is 6.31. The predicted octanol–water partition coefficient (Wildman–Crippen LogP) is 4.01. The van der Waals surface area contributed by atoms with Gasteiger partial charge in [0.05, 0.1) is 12.7 Å². The minimum Gasteiger partial charge on any atom is -0.373 e. The standard InChI is InChI=1S/C16H24ClNO/c1-2-12-7-8-13(10-18)16(9-12)19-11-14-5-3-4-6-15(14)17/h3-6,12-13,16H,2,7-11,18H2,1H3. The van der Waals surface area contributed by atoms with E-state index in [4.69, 9.17) is 22.1 Å². The lowest BCUT2D eigenvalue weighted by Crippen LogP contribution is -2.36. The third-order valence-corrected chi connectivity index (χ3v) is 4.70.